The first-order valence-corrected chi connectivity index (χ1v) is 6.43. The van der Waals surface area contributed by atoms with Crippen LogP contribution in [0.2, 0.25) is 0 Å². The second-order valence-corrected chi connectivity index (χ2v) is 3.90. The van der Waals surface area contributed by atoms with E-state index in [9.17, 15) is 9.59 Å². The van der Waals surface area contributed by atoms with Crippen LogP contribution in [0.25, 0.3) is 0 Å². The van der Waals surface area contributed by atoms with E-state index >= 15 is 0 Å². The predicted octanol–water partition coefficient (Wildman–Crippen LogP) is 0.769. The monoisotopic (exact) mass is 264 g/mol. The minimum absolute atomic E-state index is 0.0721. The Hall–Kier alpha value is -2.11. The standard InChI is InChI=1S/C13H20N4O2/c1-3-14-11-7-5-6-10(17-11)13(19)16-9-8-12(18)15-4-2/h5-7H,3-4,8-9H2,1-2H3,(H,14,17)(H,15,18)(H,16,19). The molecule has 0 radical (unpaired) electrons. The minimum atomic E-state index is -0.274. The zero-order chi connectivity index (χ0) is 14.1. The Morgan fingerprint density at radius 2 is 1.95 bits per heavy atom. The van der Waals surface area contributed by atoms with Crippen molar-refractivity contribution < 1.29 is 9.59 Å². The van der Waals surface area contributed by atoms with Crippen LogP contribution in [0.1, 0.15) is 30.8 Å². The van der Waals surface area contributed by atoms with E-state index in [1.165, 1.54) is 0 Å². The number of anilines is 1. The molecule has 6 nitrogen and oxygen atoms in total. The lowest BCUT2D eigenvalue weighted by Crippen LogP contribution is -2.31. The molecule has 1 rings (SSSR count). The van der Waals surface area contributed by atoms with Crippen molar-refractivity contribution >= 4 is 17.6 Å². The smallest absolute Gasteiger partial charge is 0.269 e. The van der Waals surface area contributed by atoms with E-state index in [1.807, 2.05) is 13.8 Å². The number of aromatic nitrogens is 1. The second-order valence-electron chi connectivity index (χ2n) is 3.90. The highest BCUT2D eigenvalue weighted by molar-refractivity contribution is 5.92. The molecule has 104 valence electrons. The molecule has 1 heterocycles. The maximum Gasteiger partial charge on any atom is 0.269 e. The van der Waals surface area contributed by atoms with E-state index < -0.39 is 0 Å². The van der Waals surface area contributed by atoms with Crippen LogP contribution in [-0.4, -0.2) is 36.4 Å². The highest BCUT2D eigenvalue weighted by atomic mass is 16.2. The number of nitrogens with zero attached hydrogens (tertiary/aromatic N) is 1. The Labute approximate surface area is 113 Å². The number of nitrogens with one attached hydrogen (secondary N) is 3. The van der Waals surface area contributed by atoms with E-state index in [0.29, 0.717) is 24.6 Å². The number of pyridine rings is 1. The van der Waals surface area contributed by atoms with Crippen LogP contribution in [0.15, 0.2) is 18.2 Å². The van der Waals surface area contributed by atoms with E-state index in [4.69, 9.17) is 0 Å². The summed E-state index contributed by atoms with van der Waals surface area (Å²) >= 11 is 0. The van der Waals surface area contributed by atoms with Crippen molar-refractivity contribution in [2.45, 2.75) is 20.3 Å². The molecule has 0 saturated carbocycles. The molecule has 0 atom stereocenters. The van der Waals surface area contributed by atoms with Crippen LogP contribution in [0.4, 0.5) is 5.82 Å². The molecule has 0 aliphatic rings. The molecule has 0 aliphatic carbocycles. The average molecular weight is 264 g/mol. The van der Waals surface area contributed by atoms with Gasteiger partial charge in [0.25, 0.3) is 5.91 Å². The van der Waals surface area contributed by atoms with Crippen molar-refractivity contribution in [1.29, 1.82) is 0 Å². The number of hydrogen-bond donors (Lipinski definition) is 3. The quantitative estimate of drug-likeness (QED) is 0.679. The molecule has 1 aromatic rings. The minimum Gasteiger partial charge on any atom is -0.370 e. The lowest BCUT2D eigenvalue weighted by molar-refractivity contribution is -0.120. The molecular formula is C13H20N4O2. The second kappa shape index (κ2) is 8.07. The molecule has 0 aliphatic heterocycles. The molecule has 3 N–H and O–H groups in total. The predicted molar refractivity (Wildman–Crippen MR) is 74.0 cm³/mol. The number of rotatable bonds is 7. The zero-order valence-electron chi connectivity index (χ0n) is 11.3. The largest absolute Gasteiger partial charge is 0.370 e. The molecule has 0 aromatic carbocycles. The van der Waals surface area contributed by atoms with Crippen molar-refractivity contribution in [3.63, 3.8) is 0 Å². The van der Waals surface area contributed by atoms with Gasteiger partial charge in [-0.25, -0.2) is 4.98 Å². The van der Waals surface area contributed by atoms with Crippen molar-refractivity contribution in [3.8, 4) is 0 Å². The Balaban J connectivity index is 2.44. The van der Waals surface area contributed by atoms with Gasteiger partial charge in [0.05, 0.1) is 0 Å². The topological polar surface area (TPSA) is 83.1 Å². The Morgan fingerprint density at radius 1 is 1.16 bits per heavy atom. The summed E-state index contributed by atoms with van der Waals surface area (Å²) in [4.78, 5) is 27.2. The number of carbonyl (C=O) groups excluding carboxylic acids is 2. The summed E-state index contributed by atoms with van der Waals surface area (Å²) in [5, 5.41) is 8.38. The molecule has 6 heteroatoms. The molecule has 0 bridgehead atoms. The van der Waals surface area contributed by atoms with E-state index in [1.54, 1.807) is 18.2 Å². The summed E-state index contributed by atoms with van der Waals surface area (Å²) in [5.41, 5.74) is 0.342. The van der Waals surface area contributed by atoms with Gasteiger partial charge in [-0.05, 0) is 26.0 Å². The molecule has 19 heavy (non-hydrogen) atoms. The van der Waals surface area contributed by atoms with Crippen molar-refractivity contribution in [2.75, 3.05) is 25.0 Å². The van der Waals surface area contributed by atoms with E-state index in [-0.39, 0.29) is 18.2 Å². The van der Waals surface area contributed by atoms with Gasteiger partial charge in [0, 0.05) is 26.1 Å². The van der Waals surface area contributed by atoms with Crippen LogP contribution < -0.4 is 16.0 Å². The SMILES string of the molecule is CCNC(=O)CCNC(=O)c1cccc(NCC)n1. The van der Waals surface area contributed by atoms with Crippen LogP contribution in [0.5, 0.6) is 0 Å². The maximum absolute atomic E-state index is 11.8. The first kappa shape index (κ1) is 14.9. The molecule has 0 fully saturated rings. The van der Waals surface area contributed by atoms with E-state index in [2.05, 4.69) is 20.9 Å². The van der Waals surface area contributed by atoms with Crippen LogP contribution in [0, 0.1) is 0 Å². The van der Waals surface area contributed by atoms with Gasteiger partial charge in [-0.2, -0.15) is 0 Å². The third kappa shape index (κ3) is 5.37. The van der Waals surface area contributed by atoms with Crippen molar-refractivity contribution in [2.24, 2.45) is 0 Å². The summed E-state index contributed by atoms with van der Waals surface area (Å²) < 4.78 is 0. The number of hydrogen-bond acceptors (Lipinski definition) is 4. The molecular weight excluding hydrogens is 244 g/mol. The van der Waals surface area contributed by atoms with Gasteiger partial charge in [-0.15, -0.1) is 0 Å². The fraction of sp³-hybridized carbons (Fsp3) is 0.462. The molecule has 0 unspecified atom stereocenters. The van der Waals surface area contributed by atoms with Gasteiger partial charge in [0.2, 0.25) is 5.91 Å². The Bertz CT molecular complexity index is 434. The van der Waals surface area contributed by atoms with Crippen LogP contribution in [-0.2, 0) is 4.79 Å². The highest BCUT2D eigenvalue weighted by Gasteiger charge is 2.08. The fourth-order valence-electron chi connectivity index (χ4n) is 1.51. The summed E-state index contributed by atoms with van der Waals surface area (Å²) in [6.07, 6.45) is 0.270. The van der Waals surface area contributed by atoms with Gasteiger partial charge >= 0.3 is 0 Å². The third-order valence-electron chi connectivity index (χ3n) is 2.35. The number of amides is 2. The molecule has 0 spiro atoms. The summed E-state index contributed by atoms with van der Waals surface area (Å²) in [7, 11) is 0. The van der Waals surface area contributed by atoms with Gasteiger partial charge in [0.1, 0.15) is 11.5 Å². The fourth-order valence-corrected chi connectivity index (χ4v) is 1.51. The van der Waals surface area contributed by atoms with Gasteiger partial charge < -0.3 is 16.0 Å². The summed E-state index contributed by atoms with van der Waals surface area (Å²) in [6, 6.07) is 5.21. The van der Waals surface area contributed by atoms with Gasteiger partial charge in [-0.3, -0.25) is 9.59 Å². The van der Waals surface area contributed by atoms with Crippen molar-refractivity contribution in [3.05, 3.63) is 23.9 Å². The average Bonchev–Trinajstić information content (AvgIpc) is 2.39. The number of carbonyl (C=O) groups is 2. The van der Waals surface area contributed by atoms with E-state index in [0.717, 1.165) is 6.54 Å². The summed E-state index contributed by atoms with van der Waals surface area (Å²) in [6.45, 7) is 5.46. The molecule has 2 amide bonds. The van der Waals surface area contributed by atoms with Crippen LogP contribution >= 0.6 is 0 Å². The lowest BCUT2D eigenvalue weighted by Gasteiger charge is -2.07. The maximum atomic E-state index is 11.8. The molecule has 1 aromatic heterocycles. The first-order valence-electron chi connectivity index (χ1n) is 6.43. The normalized spacial score (nSPS) is 9.79. The first-order chi connectivity index (χ1) is 9.17. The van der Waals surface area contributed by atoms with Crippen molar-refractivity contribution in [1.82, 2.24) is 15.6 Å². The van der Waals surface area contributed by atoms with Crippen LogP contribution in [0.3, 0.4) is 0 Å². The Morgan fingerprint density at radius 3 is 2.63 bits per heavy atom. The molecule has 0 saturated heterocycles. The summed E-state index contributed by atoms with van der Waals surface area (Å²) in [5.74, 6) is 0.320. The lowest BCUT2D eigenvalue weighted by atomic mass is 10.3. The Kier molecular flexibility index (Phi) is 6.35. The third-order valence-corrected chi connectivity index (χ3v) is 2.35. The zero-order valence-corrected chi connectivity index (χ0v) is 11.3. The highest BCUT2D eigenvalue weighted by Crippen LogP contribution is 2.04. The van der Waals surface area contributed by atoms with Gasteiger partial charge in [-0.1, -0.05) is 6.07 Å². The van der Waals surface area contributed by atoms with Gasteiger partial charge in [0.15, 0.2) is 0 Å².